The van der Waals surface area contributed by atoms with Crippen molar-refractivity contribution >= 4 is 26.8 Å². The Bertz CT molecular complexity index is 1230. The van der Waals surface area contributed by atoms with Gasteiger partial charge >= 0.3 is 6.18 Å². The third-order valence-electron chi connectivity index (χ3n) is 5.90. The largest absolute Gasteiger partial charge is 0.416 e. The van der Waals surface area contributed by atoms with E-state index < -0.39 is 21.6 Å². The minimum absolute atomic E-state index is 0.0612. The summed E-state index contributed by atoms with van der Waals surface area (Å²) in [5.41, 5.74) is 0.639. The quantitative estimate of drug-likeness (QED) is 0.548. The number of halogens is 3. The smallest absolute Gasteiger partial charge is 0.365 e. The van der Waals surface area contributed by atoms with Crippen LogP contribution in [0.15, 0.2) is 35.7 Å². The molecule has 4 rings (SSSR count). The van der Waals surface area contributed by atoms with Crippen LogP contribution in [0.3, 0.4) is 0 Å². The molecule has 2 aromatic heterocycles. The zero-order chi connectivity index (χ0) is 23.3. The van der Waals surface area contributed by atoms with Gasteiger partial charge in [0.15, 0.2) is 11.5 Å². The number of alkyl halides is 3. The van der Waals surface area contributed by atoms with E-state index in [0.29, 0.717) is 28.7 Å². The van der Waals surface area contributed by atoms with Crippen LogP contribution < -0.4 is 5.32 Å². The van der Waals surface area contributed by atoms with Gasteiger partial charge in [0.05, 0.1) is 11.9 Å². The van der Waals surface area contributed by atoms with Crippen LogP contribution in [0.25, 0.3) is 11.2 Å². The van der Waals surface area contributed by atoms with Crippen molar-refractivity contribution in [2.45, 2.75) is 50.6 Å². The summed E-state index contributed by atoms with van der Waals surface area (Å²) < 4.78 is 64.4. The molecule has 0 bridgehead atoms. The maximum Gasteiger partial charge on any atom is 0.416 e. The average molecular weight is 468 g/mol. The number of rotatable bonds is 6. The van der Waals surface area contributed by atoms with Gasteiger partial charge in [-0.15, -0.1) is 0 Å². The number of benzene rings is 1. The second kappa shape index (κ2) is 8.02. The molecule has 1 N–H and O–H groups in total. The lowest BCUT2D eigenvalue weighted by atomic mass is 9.72. The molecule has 7 nitrogen and oxygen atoms in total. The summed E-state index contributed by atoms with van der Waals surface area (Å²) in [4.78, 5) is 12.6. The number of nitrogens with zero attached hydrogens (tertiary/aromatic N) is 4. The molecule has 0 amide bonds. The molecule has 1 aliphatic rings. The van der Waals surface area contributed by atoms with Crippen LogP contribution in [0.2, 0.25) is 0 Å². The molecule has 0 radical (unpaired) electrons. The molecule has 1 atom stereocenters. The first-order valence-corrected chi connectivity index (χ1v) is 12.2. The number of aromatic nitrogens is 4. The van der Waals surface area contributed by atoms with Crippen molar-refractivity contribution in [1.82, 2.24) is 19.5 Å². The van der Waals surface area contributed by atoms with Crippen molar-refractivity contribution in [3.05, 3.63) is 41.7 Å². The molecule has 32 heavy (non-hydrogen) atoms. The highest BCUT2D eigenvalue weighted by atomic mass is 32.2. The summed E-state index contributed by atoms with van der Waals surface area (Å²) in [5.74, 6) is 1.46. The maximum atomic E-state index is 12.8. The minimum atomic E-state index is -4.40. The Balaban J connectivity index is 1.70. The number of hydrogen-bond acceptors (Lipinski definition) is 6. The van der Waals surface area contributed by atoms with Crippen LogP contribution in [0.4, 0.5) is 19.0 Å². The molecule has 172 valence electrons. The molecule has 3 aromatic rings. The molecule has 2 heterocycles. The van der Waals surface area contributed by atoms with E-state index in [0.717, 1.165) is 31.2 Å². The lowest BCUT2D eigenvalue weighted by Crippen LogP contribution is -2.35. The third kappa shape index (κ3) is 4.57. The molecule has 1 aliphatic carbocycles. The predicted molar refractivity (Wildman–Crippen MR) is 114 cm³/mol. The Morgan fingerprint density at radius 3 is 2.41 bits per heavy atom. The average Bonchev–Trinajstić information content (AvgIpc) is 3.07. The van der Waals surface area contributed by atoms with Crippen LogP contribution in [-0.2, 0) is 22.6 Å². The molecule has 0 aliphatic heterocycles. The predicted octanol–water partition coefficient (Wildman–Crippen LogP) is 4.14. The Hall–Kier alpha value is -2.69. The van der Waals surface area contributed by atoms with Gasteiger partial charge in [0.2, 0.25) is 9.84 Å². The van der Waals surface area contributed by atoms with Crippen molar-refractivity contribution in [3.8, 4) is 0 Å². The fourth-order valence-electron chi connectivity index (χ4n) is 4.05. The first kappa shape index (κ1) is 22.5. The second-order valence-electron chi connectivity index (χ2n) is 8.64. The zero-order valence-corrected chi connectivity index (χ0v) is 18.7. The fourth-order valence-corrected chi connectivity index (χ4v) is 4.56. The summed E-state index contributed by atoms with van der Waals surface area (Å²) in [6.45, 7) is 4.45. The monoisotopic (exact) mass is 467 g/mol. The van der Waals surface area contributed by atoms with Gasteiger partial charge in [-0.05, 0) is 49.3 Å². The molecule has 0 spiro atoms. The van der Waals surface area contributed by atoms with Gasteiger partial charge in [0.25, 0.3) is 5.16 Å². The van der Waals surface area contributed by atoms with E-state index in [9.17, 15) is 21.6 Å². The van der Waals surface area contributed by atoms with Gasteiger partial charge in [-0.25, -0.2) is 13.4 Å². The third-order valence-corrected chi connectivity index (χ3v) is 6.75. The standard InChI is InChI=1S/C21H24F3N5O2S/c1-12-8-15(9-12)13(2)26-19-17-18(27-20(28-19)32(3,30)31)25-11-29(17)10-14-4-6-16(7-5-14)21(22,23)24/h4-7,11-13,15H,8-10H2,1-3H3,(H,26,27,28). The highest BCUT2D eigenvalue weighted by Crippen LogP contribution is 2.37. The zero-order valence-electron chi connectivity index (χ0n) is 17.9. The highest BCUT2D eigenvalue weighted by molar-refractivity contribution is 7.90. The Labute approximate surface area is 184 Å². The van der Waals surface area contributed by atoms with Gasteiger partial charge in [0, 0.05) is 18.8 Å². The van der Waals surface area contributed by atoms with Gasteiger partial charge < -0.3 is 9.88 Å². The summed E-state index contributed by atoms with van der Waals surface area (Å²) in [6.07, 6.45) is 0.277. The van der Waals surface area contributed by atoms with Crippen LogP contribution in [0.1, 0.15) is 37.8 Å². The van der Waals surface area contributed by atoms with E-state index in [4.69, 9.17) is 0 Å². The summed E-state index contributed by atoms with van der Waals surface area (Å²) in [5, 5.41) is 3.02. The minimum Gasteiger partial charge on any atom is -0.365 e. The van der Waals surface area contributed by atoms with Gasteiger partial charge in [-0.3, -0.25) is 0 Å². The van der Waals surface area contributed by atoms with Crippen molar-refractivity contribution in [1.29, 1.82) is 0 Å². The number of sulfone groups is 1. The van der Waals surface area contributed by atoms with Gasteiger partial charge in [-0.2, -0.15) is 23.1 Å². The molecule has 11 heteroatoms. The fraction of sp³-hybridized carbons (Fsp3) is 0.476. The van der Waals surface area contributed by atoms with Crippen LogP contribution in [0.5, 0.6) is 0 Å². The van der Waals surface area contributed by atoms with Crippen molar-refractivity contribution in [3.63, 3.8) is 0 Å². The molecule has 0 saturated heterocycles. The number of hydrogen-bond donors (Lipinski definition) is 1. The molecule has 1 fully saturated rings. The SMILES string of the molecule is CC1CC(C(C)Nc2nc(S(C)(=O)=O)nc3ncn(Cc4ccc(C(F)(F)F)cc4)c23)C1. The van der Waals surface area contributed by atoms with Crippen molar-refractivity contribution in [2.24, 2.45) is 11.8 Å². The number of nitrogens with one attached hydrogen (secondary N) is 1. The number of anilines is 1. The summed E-state index contributed by atoms with van der Waals surface area (Å²) >= 11 is 0. The molecular weight excluding hydrogens is 443 g/mol. The molecule has 1 saturated carbocycles. The van der Waals surface area contributed by atoms with Crippen LogP contribution >= 0.6 is 0 Å². The Morgan fingerprint density at radius 2 is 1.84 bits per heavy atom. The normalized spacial score (nSPS) is 20.2. The van der Waals surface area contributed by atoms with E-state index in [-0.39, 0.29) is 23.4 Å². The molecule has 1 aromatic carbocycles. The summed E-state index contributed by atoms with van der Waals surface area (Å²) in [7, 11) is -3.66. The number of fused-ring (bicyclic) bond motifs is 1. The van der Waals surface area contributed by atoms with Crippen molar-refractivity contribution in [2.75, 3.05) is 11.6 Å². The first-order valence-electron chi connectivity index (χ1n) is 10.3. The topological polar surface area (TPSA) is 89.8 Å². The maximum absolute atomic E-state index is 12.8. The van der Waals surface area contributed by atoms with Gasteiger partial charge in [-0.1, -0.05) is 19.1 Å². The summed E-state index contributed by atoms with van der Waals surface area (Å²) in [6, 6.07) is 4.95. The first-order chi connectivity index (χ1) is 14.9. The van der Waals surface area contributed by atoms with E-state index in [1.165, 1.54) is 18.5 Å². The van der Waals surface area contributed by atoms with E-state index >= 15 is 0 Å². The van der Waals surface area contributed by atoms with E-state index in [1.54, 1.807) is 4.57 Å². The number of imidazole rings is 1. The lowest BCUT2D eigenvalue weighted by Gasteiger charge is -2.37. The second-order valence-corrected chi connectivity index (χ2v) is 10.5. The Kier molecular flexibility index (Phi) is 5.64. The van der Waals surface area contributed by atoms with Crippen LogP contribution in [0, 0.1) is 11.8 Å². The molecule has 1 unspecified atom stereocenters. The Morgan fingerprint density at radius 1 is 1.19 bits per heavy atom. The van der Waals surface area contributed by atoms with E-state index in [1.807, 2.05) is 6.92 Å². The lowest BCUT2D eigenvalue weighted by molar-refractivity contribution is -0.137. The molecular formula is C21H24F3N5O2S. The van der Waals surface area contributed by atoms with Gasteiger partial charge in [0.1, 0.15) is 5.52 Å². The van der Waals surface area contributed by atoms with Crippen molar-refractivity contribution < 1.29 is 21.6 Å². The van der Waals surface area contributed by atoms with E-state index in [2.05, 4.69) is 27.2 Å². The van der Waals surface area contributed by atoms with Crippen LogP contribution in [-0.4, -0.2) is 40.2 Å². The highest BCUT2D eigenvalue weighted by Gasteiger charge is 2.32.